The molecule has 0 saturated heterocycles. The summed E-state index contributed by atoms with van der Waals surface area (Å²) in [5.41, 5.74) is 1.33. The first-order valence-electron chi connectivity index (χ1n) is 7.01. The van der Waals surface area contributed by atoms with E-state index in [0.29, 0.717) is 40.1 Å². The summed E-state index contributed by atoms with van der Waals surface area (Å²) in [6.45, 7) is 0.461. The van der Waals surface area contributed by atoms with Crippen LogP contribution in [0.5, 0.6) is 11.5 Å². The topological polar surface area (TPSA) is 62.1 Å². The molecule has 0 aromatic heterocycles. The lowest BCUT2D eigenvalue weighted by Gasteiger charge is -2.11. The molecule has 0 spiro atoms. The number of hydrogen-bond acceptors (Lipinski definition) is 3. The standard InChI is InChI=1S/C17H13Cl3N2O2/c18-9-17(23)22-4-3-11-1-2-15(20)16(7-11)24-14-6-12(10-21)5-13(19)8-14/h1-2,5-8H,3-4,9H2,(H,22,23). The normalized spacial score (nSPS) is 10.1. The second kappa shape index (κ2) is 8.79. The molecule has 0 saturated carbocycles. The molecule has 0 bridgehead atoms. The molecule has 2 aromatic rings. The Morgan fingerprint density at radius 2 is 2.00 bits per heavy atom. The molecule has 1 N–H and O–H groups in total. The molecule has 2 aromatic carbocycles. The van der Waals surface area contributed by atoms with E-state index in [1.165, 1.54) is 0 Å². The van der Waals surface area contributed by atoms with Crippen LogP contribution in [0.2, 0.25) is 10.0 Å². The molecule has 0 aliphatic carbocycles. The molecule has 7 heteroatoms. The highest BCUT2D eigenvalue weighted by atomic mass is 35.5. The molecule has 0 aliphatic heterocycles. The average Bonchev–Trinajstić information content (AvgIpc) is 2.57. The third-order valence-corrected chi connectivity index (χ3v) is 3.85. The van der Waals surface area contributed by atoms with Gasteiger partial charge in [0.15, 0.2) is 0 Å². The van der Waals surface area contributed by atoms with Crippen molar-refractivity contribution in [2.45, 2.75) is 6.42 Å². The molecule has 0 unspecified atom stereocenters. The second-order valence-corrected chi connectivity index (χ2v) is 6.00. The van der Waals surface area contributed by atoms with Crippen molar-refractivity contribution >= 4 is 40.7 Å². The summed E-state index contributed by atoms with van der Waals surface area (Å²) in [6, 6.07) is 12.1. The van der Waals surface area contributed by atoms with E-state index in [1.54, 1.807) is 30.3 Å². The number of nitrogens with zero attached hydrogens (tertiary/aromatic N) is 1. The minimum atomic E-state index is -0.218. The maximum atomic E-state index is 11.1. The van der Waals surface area contributed by atoms with Gasteiger partial charge in [-0.05, 0) is 42.3 Å². The van der Waals surface area contributed by atoms with Crippen LogP contribution < -0.4 is 10.1 Å². The fraction of sp³-hybridized carbons (Fsp3) is 0.176. The second-order valence-electron chi connectivity index (χ2n) is 4.89. The van der Waals surface area contributed by atoms with Gasteiger partial charge in [-0.3, -0.25) is 4.79 Å². The predicted molar refractivity (Wildman–Crippen MR) is 95.1 cm³/mol. The van der Waals surface area contributed by atoms with Crippen molar-refractivity contribution in [1.29, 1.82) is 5.26 Å². The minimum Gasteiger partial charge on any atom is -0.456 e. The number of nitrogens with one attached hydrogen (secondary N) is 1. The summed E-state index contributed by atoms with van der Waals surface area (Å²) in [5, 5.41) is 12.5. The van der Waals surface area contributed by atoms with Crippen molar-refractivity contribution in [3.05, 3.63) is 57.6 Å². The van der Waals surface area contributed by atoms with Crippen LogP contribution >= 0.6 is 34.8 Å². The van der Waals surface area contributed by atoms with Gasteiger partial charge in [0.25, 0.3) is 0 Å². The Morgan fingerprint density at radius 3 is 2.71 bits per heavy atom. The van der Waals surface area contributed by atoms with E-state index in [4.69, 9.17) is 44.8 Å². The van der Waals surface area contributed by atoms with Crippen molar-refractivity contribution in [2.24, 2.45) is 0 Å². The van der Waals surface area contributed by atoms with Gasteiger partial charge in [-0.25, -0.2) is 0 Å². The number of hydrogen-bond donors (Lipinski definition) is 1. The quantitative estimate of drug-likeness (QED) is 0.744. The Bertz CT molecular complexity index is 788. The van der Waals surface area contributed by atoms with Crippen LogP contribution in [0.4, 0.5) is 0 Å². The van der Waals surface area contributed by atoms with Crippen LogP contribution in [0.1, 0.15) is 11.1 Å². The van der Waals surface area contributed by atoms with Crippen molar-refractivity contribution in [2.75, 3.05) is 12.4 Å². The van der Waals surface area contributed by atoms with E-state index in [1.807, 2.05) is 12.1 Å². The summed E-state index contributed by atoms with van der Waals surface area (Å²) < 4.78 is 5.75. The third-order valence-electron chi connectivity index (χ3n) is 3.08. The van der Waals surface area contributed by atoms with Gasteiger partial charge in [0.05, 0.1) is 16.7 Å². The lowest BCUT2D eigenvalue weighted by molar-refractivity contribution is -0.118. The maximum absolute atomic E-state index is 11.1. The SMILES string of the molecule is N#Cc1cc(Cl)cc(Oc2cc(CCNC(=O)CCl)ccc2Cl)c1. The molecule has 0 heterocycles. The van der Waals surface area contributed by atoms with Gasteiger partial charge >= 0.3 is 0 Å². The van der Waals surface area contributed by atoms with E-state index < -0.39 is 0 Å². The lowest BCUT2D eigenvalue weighted by Crippen LogP contribution is -2.26. The predicted octanol–water partition coefficient (Wildman–Crippen LogP) is 4.55. The summed E-state index contributed by atoms with van der Waals surface area (Å²) in [4.78, 5) is 11.1. The van der Waals surface area contributed by atoms with E-state index in [9.17, 15) is 4.79 Å². The number of amides is 1. The third kappa shape index (κ3) is 5.31. The molecule has 0 atom stereocenters. The van der Waals surface area contributed by atoms with Crippen molar-refractivity contribution in [3.8, 4) is 17.6 Å². The molecular formula is C17H13Cl3N2O2. The van der Waals surface area contributed by atoms with Crippen molar-refractivity contribution in [1.82, 2.24) is 5.32 Å². The number of carbonyl (C=O) groups is 1. The van der Waals surface area contributed by atoms with Gasteiger partial charge in [0.2, 0.25) is 5.91 Å². The Labute approximate surface area is 154 Å². The lowest BCUT2D eigenvalue weighted by atomic mass is 10.1. The van der Waals surface area contributed by atoms with Crippen LogP contribution in [0.3, 0.4) is 0 Å². The number of ether oxygens (including phenoxy) is 1. The van der Waals surface area contributed by atoms with Gasteiger partial charge < -0.3 is 10.1 Å². The Balaban J connectivity index is 2.13. The first kappa shape index (κ1) is 18.4. The fourth-order valence-electron chi connectivity index (χ4n) is 1.99. The first-order chi connectivity index (χ1) is 11.5. The van der Waals surface area contributed by atoms with Crippen LogP contribution in [0.15, 0.2) is 36.4 Å². The van der Waals surface area contributed by atoms with Crippen molar-refractivity contribution < 1.29 is 9.53 Å². The summed E-state index contributed by atoms with van der Waals surface area (Å²) in [6.07, 6.45) is 0.606. The zero-order valence-electron chi connectivity index (χ0n) is 12.5. The Kier molecular flexibility index (Phi) is 6.74. The maximum Gasteiger partial charge on any atom is 0.234 e. The molecule has 0 radical (unpaired) electrons. The van der Waals surface area contributed by atoms with Crippen molar-refractivity contribution in [3.63, 3.8) is 0 Å². The largest absolute Gasteiger partial charge is 0.456 e. The van der Waals surface area contributed by atoms with E-state index in [-0.39, 0.29) is 11.8 Å². The zero-order valence-corrected chi connectivity index (χ0v) is 14.8. The highest BCUT2D eigenvalue weighted by molar-refractivity contribution is 6.32. The van der Waals surface area contributed by atoms with E-state index >= 15 is 0 Å². The number of nitriles is 1. The molecule has 0 aliphatic rings. The van der Waals surface area contributed by atoms with Crippen LogP contribution in [0, 0.1) is 11.3 Å². The van der Waals surface area contributed by atoms with Crippen LogP contribution in [0.25, 0.3) is 0 Å². The average molecular weight is 384 g/mol. The minimum absolute atomic E-state index is 0.0645. The molecule has 24 heavy (non-hydrogen) atoms. The number of benzene rings is 2. The van der Waals surface area contributed by atoms with Gasteiger partial charge in [-0.1, -0.05) is 29.3 Å². The number of rotatable bonds is 6. The molecule has 1 amide bonds. The fourth-order valence-corrected chi connectivity index (χ4v) is 2.46. The van der Waals surface area contributed by atoms with Gasteiger partial charge in [-0.2, -0.15) is 5.26 Å². The number of alkyl halides is 1. The summed E-state index contributed by atoms with van der Waals surface area (Å²) >= 11 is 17.5. The molecular weight excluding hydrogens is 371 g/mol. The summed E-state index contributed by atoms with van der Waals surface area (Å²) in [7, 11) is 0. The van der Waals surface area contributed by atoms with Gasteiger partial charge in [-0.15, -0.1) is 11.6 Å². The van der Waals surface area contributed by atoms with Gasteiger partial charge in [0, 0.05) is 11.6 Å². The Hall–Kier alpha value is -1.93. The summed E-state index contributed by atoms with van der Waals surface area (Å²) in [5.74, 6) is 0.591. The van der Waals surface area contributed by atoms with E-state index in [0.717, 1.165) is 5.56 Å². The first-order valence-corrected chi connectivity index (χ1v) is 8.30. The number of carbonyl (C=O) groups excluding carboxylic acids is 1. The smallest absolute Gasteiger partial charge is 0.234 e. The highest BCUT2D eigenvalue weighted by Crippen LogP contribution is 2.32. The zero-order chi connectivity index (χ0) is 17.5. The monoisotopic (exact) mass is 382 g/mol. The number of halogens is 3. The molecule has 0 fully saturated rings. The highest BCUT2D eigenvalue weighted by Gasteiger charge is 2.08. The van der Waals surface area contributed by atoms with Crippen LogP contribution in [-0.2, 0) is 11.2 Å². The molecule has 4 nitrogen and oxygen atoms in total. The molecule has 2 rings (SSSR count). The molecule has 124 valence electrons. The Morgan fingerprint density at radius 1 is 1.21 bits per heavy atom. The van der Waals surface area contributed by atoms with Gasteiger partial charge in [0.1, 0.15) is 17.4 Å². The van der Waals surface area contributed by atoms with Crippen LogP contribution in [-0.4, -0.2) is 18.3 Å². The van der Waals surface area contributed by atoms with E-state index in [2.05, 4.69) is 5.32 Å².